The van der Waals surface area contributed by atoms with Gasteiger partial charge in [0.15, 0.2) is 0 Å². The number of hydrogen-bond donors (Lipinski definition) is 2. The van der Waals surface area contributed by atoms with Gasteiger partial charge in [0.1, 0.15) is 0 Å². The second-order valence-electron chi connectivity index (χ2n) is 5.71. The predicted molar refractivity (Wildman–Crippen MR) is 83.5 cm³/mol. The first kappa shape index (κ1) is 19.9. The Labute approximate surface area is 124 Å². The molecular formula is C15H32O4S. The van der Waals surface area contributed by atoms with Crippen molar-refractivity contribution in [3.63, 3.8) is 0 Å². The van der Waals surface area contributed by atoms with Gasteiger partial charge in [0, 0.05) is 0 Å². The molecule has 0 aromatic carbocycles. The number of aliphatic hydroxyl groups is 1. The molecule has 4 nitrogen and oxygen atoms in total. The average molecular weight is 308 g/mol. The Kier molecular flexibility index (Phi) is 11.4. The van der Waals surface area contributed by atoms with Crippen molar-refractivity contribution in [2.45, 2.75) is 95.8 Å². The van der Waals surface area contributed by atoms with Gasteiger partial charge in [0.25, 0.3) is 10.1 Å². The van der Waals surface area contributed by atoms with Gasteiger partial charge in [-0.2, -0.15) is 8.42 Å². The third-order valence-electron chi connectivity index (χ3n) is 3.76. The molecule has 2 N–H and O–H groups in total. The lowest BCUT2D eigenvalue weighted by atomic mass is 10.0. The molecule has 0 saturated heterocycles. The van der Waals surface area contributed by atoms with Crippen molar-refractivity contribution in [3.8, 4) is 0 Å². The predicted octanol–water partition coefficient (Wildman–Crippen LogP) is 3.93. The molecule has 0 amide bonds. The highest BCUT2D eigenvalue weighted by Gasteiger charge is 2.22. The molecular weight excluding hydrogens is 276 g/mol. The van der Waals surface area contributed by atoms with E-state index in [0.717, 1.165) is 44.9 Å². The highest BCUT2D eigenvalue weighted by atomic mass is 32.2. The normalized spacial score (nSPS) is 15.2. The minimum atomic E-state index is -3.95. The zero-order chi connectivity index (χ0) is 15.4. The third kappa shape index (κ3) is 10.6. The summed E-state index contributed by atoms with van der Waals surface area (Å²) < 4.78 is 31.9. The van der Waals surface area contributed by atoms with Crippen molar-refractivity contribution in [2.75, 3.05) is 0 Å². The van der Waals surface area contributed by atoms with E-state index >= 15 is 0 Å². The summed E-state index contributed by atoms with van der Waals surface area (Å²) in [6.07, 6.45) is 8.84. The molecule has 20 heavy (non-hydrogen) atoms. The van der Waals surface area contributed by atoms with Crippen LogP contribution in [0.3, 0.4) is 0 Å². The van der Waals surface area contributed by atoms with Crippen LogP contribution in [0.1, 0.15) is 84.5 Å². The zero-order valence-corrected chi connectivity index (χ0v) is 13.9. The molecule has 5 heteroatoms. The van der Waals surface area contributed by atoms with Gasteiger partial charge in [0.2, 0.25) is 0 Å². The highest BCUT2D eigenvalue weighted by molar-refractivity contribution is 7.86. The summed E-state index contributed by atoms with van der Waals surface area (Å²) in [5.74, 6) is 0. The number of rotatable bonds is 13. The molecule has 0 spiro atoms. The molecule has 0 aromatic rings. The molecule has 0 aliphatic rings. The van der Waals surface area contributed by atoms with Crippen LogP contribution in [0.15, 0.2) is 0 Å². The van der Waals surface area contributed by atoms with E-state index in [-0.39, 0.29) is 6.10 Å². The quantitative estimate of drug-likeness (QED) is 0.399. The van der Waals surface area contributed by atoms with Gasteiger partial charge in [-0.05, 0) is 32.1 Å². The lowest BCUT2D eigenvalue weighted by molar-refractivity contribution is 0.148. The number of unbranched alkanes of at least 4 members (excludes halogenated alkanes) is 4. The van der Waals surface area contributed by atoms with Crippen molar-refractivity contribution in [2.24, 2.45) is 0 Å². The van der Waals surface area contributed by atoms with Crippen LogP contribution in [0.5, 0.6) is 0 Å². The van der Waals surface area contributed by atoms with E-state index in [1.165, 1.54) is 0 Å². The molecule has 122 valence electrons. The van der Waals surface area contributed by atoms with E-state index in [0.29, 0.717) is 25.7 Å². The fraction of sp³-hybridized carbons (Fsp3) is 1.00. The minimum absolute atomic E-state index is 0.336. The fourth-order valence-corrected chi connectivity index (χ4v) is 3.34. The molecule has 0 heterocycles. The molecule has 0 aliphatic heterocycles. The summed E-state index contributed by atoms with van der Waals surface area (Å²) in [4.78, 5) is 0. The molecule has 0 fully saturated rings. The van der Waals surface area contributed by atoms with Crippen LogP contribution in [0.25, 0.3) is 0 Å². The maximum atomic E-state index is 11.3. The molecule has 0 saturated carbocycles. The van der Waals surface area contributed by atoms with Gasteiger partial charge >= 0.3 is 0 Å². The van der Waals surface area contributed by atoms with E-state index in [1.807, 2.05) is 0 Å². The molecule has 2 atom stereocenters. The summed E-state index contributed by atoms with van der Waals surface area (Å²) in [5, 5.41) is 9.08. The summed E-state index contributed by atoms with van der Waals surface area (Å²) >= 11 is 0. The van der Waals surface area contributed by atoms with E-state index in [1.54, 1.807) is 0 Å². The summed E-state index contributed by atoms with van der Waals surface area (Å²) in [7, 11) is -3.95. The van der Waals surface area contributed by atoms with E-state index in [2.05, 4.69) is 13.8 Å². The molecule has 0 aliphatic carbocycles. The standard InChI is InChI=1S/C15H32O4S/c1-3-5-7-8-12-15(20(17,18)19)13-9-11-14(16)10-6-4-2/h14-16H,3-13H2,1-2H3,(H,17,18,19). The topological polar surface area (TPSA) is 74.6 Å². The van der Waals surface area contributed by atoms with E-state index in [9.17, 15) is 18.1 Å². The molecule has 0 aromatic heterocycles. The van der Waals surface area contributed by atoms with Gasteiger partial charge in [-0.3, -0.25) is 4.55 Å². The Bertz CT molecular complexity index is 314. The molecule has 0 radical (unpaired) electrons. The Balaban J connectivity index is 3.99. The molecule has 0 bridgehead atoms. The fourth-order valence-electron chi connectivity index (χ4n) is 2.41. The van der Waals surface area contributed by atoms with Crippen LogP contribution in [0.2, 0.25) is 0 Å². The zero-order valence-electron chi connectivity index (χ0n) is 13.1. The smallest absolute Gasteiger partial charge is 0.267 e. The van der Waals surface area contributed by atoms with Gasteiger partial charge in [-0.15, -0.1) is 0 Å². The second kappa shape index (κ2) is 11.5. The molecule has 0 rings (SSSR count). The highest BCUT2D eigenvalue weighted by Crippen LogP contribution is 2.18. The SMILES string of the molecule is CCCCCCC(CCCC(O)CCCC)S(=O)(=O)O. The maximum absolute atomic E-state index is 11.3. The Morgan fingerprint density at radius 3 is 1.90 bits per heavy atom. The Hall–Kier alpha value is -0.130. The number of aliphatic hydroxyl groups excluding tert-OH is 1. The summed E-state index contributed by atoms with van der Waals surface area (Å²) in [5.41, 5.74) is 0. The first-order chi connectivity index (χ1) is 9.41. The van der Waals surface area contributed by atoms with Crippen LogP contribution in [0, 0.1) is 0 Å². The third-order valence-corrected chi connectivity index (χ3v) is 5.07. The van der Waals surface area contributed by atoms with Crippen molar-refractivity contribution in [1.82, 2.24) is 0 Å². The van der Waals surface area contributed by atoms with Crippen molar-refractivity contribution < 1.29 is 18.1 Å². The Morgan fingerprint density at radius 2 is 1.35 bits per heavy atom. The van der Waals surface area contributed by atoms with Gasteiger partial charge in [-0.1, -0.05) is 52.4 Å². The lowest BCUT2D eigenvalue weighted by Gasteiger charge is -2.15. The van der Waals surface area contributed by atoms with Crippen LogP contribution in [0.4, 0.5) is 0 Å². The van der Waals surface area contributed by atoms with Crippen molar-refractivity contribution >= 4 is 10.1 Å². The van der Waals surface area contributed by atoms with E-state index < -0.39 is 15.4 Å². The van der Waals surface area contributed by atoms with Crippen LogP contribution < -0.4 is 0 Å². The van der Waals surface area contributed by atoms with Gasteiger partial charge in [-0.25, -0.2) is 0 Å². The van der Waals surface area contributed by atoms with E-state index in [4.69, 9.17) is 0 Å². The first-order valence-electron chi connectivity index (χ1n) is 8.06. The van der Waals surface area contributed by atoms with Crippen molar-refractivity contribution in [3.05, 3.63) is 0 Å². The second-order valence-corrected chi connectivity index (χ2v) is 7.41. The monoisotopic (exact) mass is 308 g/mol. The van der Waals surface area contributed by atoms with Crippen LogP contribution >= 0.6 is 0 Å². The van der Waals surface area contributed by atoms with Crippen LogP contribution in [-0.4, -0.2) is 29.4 Å². The van der Waals surface area contributed by atoms with Crippen molar-refractivity contribution in [1.29, 1.82) is 0 Å². The van der Waals surface area contributed by atoms with Gasteiger partial charge in [0.05, 0.1) is 11.4 Å². The maximum Gasteiger partial charge on any atom is 0.267 e. The average Bonchev–Trinajstić information content (AvgIpc) is 2.37. The molecule has 2 unspecified atom stereocenters. The van der Waals surface area contributed by atoms with Gasteiger partial charge < -0.3 is 5.11 Å². The summed E-state index contributed by atoms with van der Waals surface area (Å²) in [6.45, 7) is 4.19. The van der Waals surface area contributed by atoms with Crippen LogP contribution in [-0.2, 0) is 10.1 Å². The minimum Gasteiger partial charge on any atom is -0.393 e. The summed E-state index contributed by atoms with van der Waals surface area (Å²) in [6, 6.07) is 0. The number of hydrogen-bond acceptors (Lipinski definition) is 3. The largest absolute Gasteiger partial charge is 0.393 e. The lowest BCUT2D eigenvalue weighted by Crippen LogP contribution is -2.21. The first-order valence-corrected chi connectivity index (χ1v) is 9.56. The Morgan fingerprint density at radius 1 is 0.800 bits per heavy atom.